The van der Waals surface area contributed by atoms with Crippen LogP contribution in [0.2, 0.25) is 5.02 Å². The number of hydrogen-bond acceptors (Lipinski definition) is 6. The molecule has 4 heterocycles. The van der Waals surface area contributed by atoms with Crippen molar-refractivity contribution in [2.75, 3.05) is 51.0 Å². The van der Waals surface area contributed by atoms with Crippen LogP contribution in [0.15, 0.2) is 30.5 Å². The number of hydrogen-bond donors (Lipinski definition) is 2. The first-order valence-electron chi connectivity index (χ1n) is 13.1. The fourth-order valence-electron chi connectivity index (χ4n) is 5.36. The van der Waals surface area contributed by atoms with Crippen LogP contribution in [0, 0.1) is 6.92 Å². The molecule has 2 saturated heterocycles. The molecule has 0 radical (unpaired) electrons. The van der Waals surface area contributed by atoms with E-state index in [4.69, 9.17) is 21.7 Å². The Labute approximate surface area is 227 Å². The van der Waals surface area contributed by atoms with Gasteiger partial charge < -0.3 is 25.3 Å². The summed E-state index contributed by atoms with van der Waals surface area (Å²) in [5.41, 5.74) is 3.46. The third-order valence-corrected chi connectivity index (χ3v) is 7.72. The number of carbonyl (C=O) groups excluding carboxylic acids is 2. The summed E-state index contributed by atoms with van der Waals surface area (Å²) in [4.78, 5) is 36.8. The molecule has 202 valence electrons. The molecular weight excluding hydrogens is 504 g/mol. The van der Waals surface area contributed by atoms with Crippen LogP contribution in [0.3, 0.4) is 0 Å². The van der Waals surface area contributed by atoms with Crippen LogP contribution < -0.4 is 15.5 Å². The van der Waals surface area contributed by atoms with Gasteiger partial charge in [0, 0.05) is 62.6 Å². The van der Waals surface area contributed by atoms with Crippen molar-refractivity contribution < 1.29 is 9.59 Å². The number of aryl methyl sites for hydroxylation is 1. The topological polar surface area (TPSA) is 98.1 Å². The Kier molecular flexibility index (Phi) is 7.45. The third kappa shape index (κ3) is 5.15. The average Bonchev–Trinajstić information content (AvgIpc) is 3.55. The van der Waals surface area contributed by atoms with Gasteiger partial charge in [0.2, 0.25) is 0 Å². The lowest BCUT2D eigenvalue weighted by molar-refractivity contribution is 0.0607. The normalized spacial score (nSPS) is 19.7. The van der Waals surface area contributed by atoms with E-state index in [-0.39, 0.29) is 18.0 Å². The molecule has 10 nitrogen and oxygen atoms in total. The Morgan fingerprint density at radius 2 is 1.95 bits per heavy atom. The van der Waals surface area contributed by atoms with Crippen molar-refractivity contribution in [3.05, 3.63) is 52.3 Å². The summed E-state index contributed by atoms with van der Waals surface area (Å²) in [6.07, 6.45) is 5.82. The molecule has 2 fully saturated rings. The van der Waals surface area contributed by atoms with Gasteiger partial charge in [0.05, 0.1) is 23.0 Å². The second-order valence-electron chi connectivity index (χ2n) is 10.4. The number of nitrogens with one attached hydrogen (secondary N) is 2. The Hall–Kier alpha value is -3.37. The fraction of sp³-hybridized carbons (Fsp3) is 0.481. The molecule has 38 heavy (non-hydrogen) atoms. The van der Waals surface area contributed by atoms with E-state index in [2.05, 4.69) is 22.5 Å². The molecule has 0 aliphatic carbocycles. The number of carbonyl (C=O) groups is 2. The van der Waals surface area contributed by atoms with E-state index in [1.165, 1.54) is 4.90 Å². The number of likely N-dealkylation sites (tertiary alicyclic amines) is 1. The highest BCUT2D eigenvalue weighted by Gasteiger charge is 2.32. The number of amides is 3. The number of nitrogens with zero attached hydrogens (tertiary/aromatic N) is 6. The first-order valence-corrected chi connectivity index (χ1v) is 13.5. The molecule has 11 heteroatoms. The Bertz CT molecular complexity index is 1360. The largest absolute Gasteiger partial charge is 0.355 e. The van der Waals surface area contributed by atoms with Gasteiger partial charge >= 0.3 is 6.03 Å². The summed E-state index contributed by atoms with van der Waals surface area (Å²) < 4.78 is 1.82. The van der Waals surface area contributed by atoms with Gasteiger partial charge in [0.15, 0.2) is 5.65 Å². The van der Waals surface area contributed by atoms with Gasteiger partial charge in [-0.25, -0.2) is 14.3 Å². The predicted octanol–water partition coefficient (Wildman–Crippen LogP) is 3.95. The van der Waals surface area contributed by atoms with Gasteiger partial charge in [-0.15, -0.1) is 0 Å². The van der Waals surface area contributed by atoms with E-state index in [0.717, 1.165) is 61.5 Å². The number of piperidine rings is 1. The highest BCUT2D eigenvalue weighted by atomic mass is 35.5. The SMILES string of the molecule is CN[C@H]1CCN(c2nc3cc([C@@H]4CCCCN4C(=O)c4cc(Cl)ccc4NC(=O)N(C)C)nn3cc2C)C1. The first kappa shape index (κ1) is 26.2. The molecule has 3 amide bonds. The maximum atomic E-state index is 13.9. The predicted molar refractivity (Wildman–Crippen MR) is 149 cm³/mol. The molecule has 0 bridgehead atoms. The number of halogens is 1. The first-order chi connectivity index (χ1) is 18.2. The van der Waals surface area contributed by atoms with Crippen LogP contribution in [0.25, 0.3) is 5.65 Å². The lowest BCUT2D eigenvalue weighted by atomic mass is 9.98. The monoisotopic (exact) mass is 538 g/mol. The quantitative estimate of drug-likeness (QED) is 0.510. The Morgan fingerprint density at radius 1 is 1.13 bits per heavy atom. The summed E-state index contributed by atoms with van der Waals surface area (Å²) in [6, 6.07) is 6.92. The molecule has 5 rings (SSSR count). The number of benzene rings is 1. The summed E-state index contributed by atoms with van der Waals surface area (Å²) in [5.74, 6) is 0.807. The molecule has 2 atom stereocenters. The number of anilines is 2. The molecule has 2 aromatic heterocycles. The van der Waals surface area contributed by atoms with E-state index in [1.807, 2.05) is 28.7 Å². The van der Waals surface area contributed by atoms with Crippen LogP contribution in [-0.2, 0) is 0 Å². The van der Waals surface area contributed by atoms with E-state index in [0.29, 0.717) is 28.9 Å². The minimum atomic E-state index is -0.312. The zero-order chi connectivity index (χ0) is 27.0. The van der Waals surface area contributed by atoms with Crippen molar-refractivity contribution >= 4 is 40.7 Å². The maximum absolute atomic E-state index is 13.9. The van der Waals surface area contributed by atoms with Gasteiger partial charge in [-0.3, -0.25) is 4.79 Å². The van der Waals surface area contributed by atoms with Gasteiger partial charge in [-0.2, -0.15) is 5.10 Å². The fourth-order valence-corrected chi connectivity index (χ4v) is 5.53. The summed E-state index contributed by atoms with van der Waals surface area (Å²) in [5, 5.41) is 11.5. The zero-order valence-electron chi connectivity index (χ0n) is 22.4. The second kappa shape index (κ2) is 10.8. The summed E-state index contributed by atoms with van der Waals surface area (Å²) >= 11 is 6.28. The molecule has 2 N–H and O–H groups in total. The standard InChI is InChI=1S/C27H35ClN8O2/c1-17-15-36-24(31-25(17)34-12-10-19(16-34)29-2)14-22(32-36)23-7-5-6-11-35(23)26(37)20-13-18(28)8-9-21(20)30-27(38)33(3)4/h8-9,13-15,19,23,29H,5-7,10-12,16H2,1-4H3,(H,30,38)/t19-,23-/m0/s1. The average molecular weight is 539 g/mol. The molecule has 0 spiro atoms. The molecule has 1 aromatic carbocycles. The lowest BCUT2D eigenvalue weighted by Crippen LogP contribution is -2.39. The second-order valence-corrected chi connectivity index (χ2v) is 10.8. The number of fused-ring (bicyclic) bond motifs is 1. The minimum Gasteiger partial charge on any atom is -0.355 e. The van der Waals surface area contributed by atoms with Gasteiger partial charge in [0.25, 0.3) is 5.91 Å². The summed E-state index contributed by atoms with van der Waals surface area (Å²) in [7, 11) is 5.31. The minimum absolute atomic E-state index is 0.177. The lowest BCUT2D eigenvalue weighted by Gasteiger charge is -2.35. The summed E-state index contributed by atoms with van der Waals surface area (Å²) in [6.45, 7) is 4.56. The van der Waals surface area contributed by atoms with Crippen molar-refractivity contribution in [1.29, 1.82) is 0 Å². The van der Waals surface area contributed by atoms with Crippen molar-refractivity contribution in [3.63, 3.8) is 0 Å². The van der Waals surface area contributed by atoms with Gasteiger partial charge in [0.1, 0.15) is 5.82 Å². The molecule has 2 aliphatic heterocycles. The van der Waals surface area contributed by atoms with Crippen LogP contribution in [0.4, 0.5) is 16.3 Å². The maximum Gasteiger partial charge on any atom is 0.321 e. The van der Waals surface area contributed by atoms with Crippen LogP contribution in [0.5, 0.6) is 0 Å². The van der Waals surface area contributed by atoms with Crippen molar-refractivity contribution in [1.82, 2.24) is 29.7 Å². The van der Waals surface area contributed by atoms with Crippen LogP contribution in [0.1, 0.15) is 53.3 Å². The van der Waals surface area contributed by atoms with Crippen molar-refractivity contribution in [3.8, 4) is 0 Å². The highest BCUT2D eigenvalue weighted by molar-refractivity contribution is 6.31. The Balaban J connectivity index is 1.45. The zero-order valence-corrected chi connectivity index (χ0v) is 23.1. The van der Waals surface area contributed by atoms with Crippen LogP contribution >= 0.6 is 11.6 Å². The number of likely N-dealkylation sites (N-methyl/N-ethyl adjacent to an activating group) is 1. The van der Waals surface area contributed by atoms with E-state index in [1.54, 1.807) is 32.3 Å². The van der Waals surface area contributed by atoms with E-state index < -0.39 is 0 Å². The van der Waals surface area contributed by atoms with Gasteiger partial charge in [-0.1, -0.05) is 11.6 Å². The smallest absolute Gasteiger partial charge is 0.321 e. The molecule has 0 saturated carbocycles. The van der Waals surface area contributed by atoms with E-state index >= 15 is 0 Å². The number of rotatable bonds is 5. The molecule has 0 unspecified atom stereocenters. The highest BCUT2D eigenvalue weighted by Crippen LogP contribution is 2.34. The molecule has 3 aromatic rings. The van der Waals surface area contributed by atoms with E-state index in [9.17, 15) is 9.59 Å². The molecular formula is C27H35ClN8O2. The third-order valence-electron chi connectivity index (χ3n) is 7.48. The van der Waals surface area contributed by atoms with Crippen molar-refractivity contribution in [2.45, 2.75) is 44.7 Å². The van der Waals surface area contributed by atoms with Crippen molar-refractivity contribution in [2.24, 2.45) is 0 Å². The number of aromatic nitrogens is 3. The molecule has 2 aliphatic rings. The van der Waals surface area contributed by atoms with Crippen LogP contribution in [-0.4, -0.2) is 83.2 Å². The number of urea groups is 1. The Morgan fingerprint density at radius 3 is 2.68 bits per heavy atom. The van der Waals surface area contributed by atoms with Gasteiger partial charge in [-0.05, 0) is 57.9 Å².